The lowest BCUT2D eigenvalue weighted by atomic mass is 9.94. The fourth-order valence-electron chi connectivity index (χ4n) is 2.49. The topological polar surface area (TPSA) is 61.6 Å². The number of likely N-dealkylation sites (N-methyl/N-ethyl adjacent to an activating group) is 1. The molecule has 0 saturated carbocycles. The summed E-state index contributed by atoms with van der Waals surface area (Å²) in [6, 6.07) is -0.132. The van der Waals surface area contributed by atoms with Gasteiger partial charge in [-0.05, 0) is 26.8 Å². The predicted octanol–water partition coefficient (Wildman–Crippen LogP) is 0.0269. The molecule has 1 heterocycles. The van der Waals surface area contributed by atoms with Crippen LogP contribution in [0.1, 0.15) is 27.7 Å². The molecule has 0 aromatic carbocycles. The fraction of sp³-hybridized carbons (Fsp3) is 0.917. The van der Waals surface area contributed by atoms with E-state index < -0.39 is 0 Å². The van der Waals surface area contributed by atoms with Crippen molar-refractivity contribution in [2.45, 2.75) is 39.3 Å². The quantitative estimate of drug-likeness (QED) is 0.416. The maximum absolute atomic E-state index is 11.9. The van der Waals surface area contributed by atoms with Crippen LogP contribution in [0.3, 0.4) is 0 Å². The molecule has 1 saturated heterocycles. The van der Waals surface area contributed by atoms with Crippen LogP contribution in [-0.2, 0) is 4.79 Å². The first-order valence-corrected chi connectivity index (χ1v) is 6.25. The van der Waals surface area contributed by atoms with E-state index >= 15 is 0 Å². The Morgan fingerprint density at radius 1 is 1.35 bits per heavy atom. The smallest absolute Gasteiger partial charge is 0.251 e. The number of piperazine rings is 1. The molecule has 0 aliphatic carbocycles. The maximum Gasteiger partial charge on any atom is 0.251 e. The molecule has 0 spiro atoms. The normalized spacial score (nSPS) is 23.7. The van der Waals surface area contributed by atoms with Gasteiger partial charge >= 0.3 is 0 Å². The number of hydrogen-bond acceptors (Lipinski definition) is 4. The van der Waals surface area contributed by atoms with Gasteiger partial charge in [-0.15, -0.1) is 0 Å². The van der Waals surface area contributed by atoms with E-state index in [0.717, 1.165) is 19.6 Å². The van der Waals surface area contributed by atoms with Crippen molar-refractivity contribution in [3.63, 3.8) is 0 Å². The number of carbonyl (C=O) groups excluding carboxylic acids is 1. The summed E-state index contributed by atoms with van der Waals surface area (Å²) < 4.78 is 0. The molecule has 1 atom stereocenters. The summed E-state index contributed by atoms with van der Waals surface area (Å²) in [4.78, 5) is 16.4. The molecule has 0 aromatic rings. The number of hydrazine groups is 1. The molecule has 5 heteroatoms. The fourth-order valence-corrected chi connectivity index (χ4v) is 2.49. The summed E-state index contributed by atoms with van der Waals surface area (Å²) in [7, 11) is 2.13. The summed E-state index contributed by atoms with van der Waals surface area (Å²) in [6.45, 7) is 11.3. The second-order valence-electron chi connectivity index (χ2n) is 5.90. The van der Waals surface area contributed by atoms with Crippen LogP contribution in [0.2, 0.25) is 0 Å². The standard InChI is InChI=1S/C12H26N4O/c1-9(2)10(11(17)14-13)16-7-6-15(5)12(3,4)8-16/h9-10H,6-8,13H2,1-5H3,(H,14,17). The van der Waals surface area contributed by atoms with Gasteiger partial charge in [-0.2, -0.15) is 0 Å². The molecule has 0 radical (unpaired) electrons. The number of nitrogens with two attached hydrogens (primary N) is 1. The first-order valence-electron chi connectivity index (χ1n) is 6.25. The van der Waals surface area contributed by atoms with Crippen LogP contribution < -0.4 is 11.3 Å². The van der Waals surface area contributed by atoms with E-state index in [-0.39, 0.29) is 23.4 Å². The van der Waals surface area contributed by atoms with Gasteiger partial charge in [0.15, 0.2) is 0 Å². The van der Waals surface area contributed by atoms with Crippen molar-refractivity contribution in [3.8, 4) is 0 Å². The lowest BCUT2D eigenvalue weighted by Crippen LogP contribution is -2.63. The highest BCUT2D eigenvalue weighted by Gasteiger charge is 2.37. The minimum absolute atomic E-state index is 0.0830. The Labute approximate surface area is 104 Å². The minimum Gasteiger partial charge on any atom is -0.299 e. The summed E-state index contributed by atoms with van der Waals surface area (Å²) in [6.07, 6.45) is 0. The van der Waals surface area contributed by atoms with E-state index in [1.807, 2.05) is 0 Å². The molecular weight excluding hydrogens is 216 g/mol. The first-order chi connectivity index (χ1) is 7.79. The van der Waals surface area contributed by atoms with Crippen LogP contribution in [0.4, 0.5) is 0 Å². The number of nitrogens with zero attached hydrogens (tertiary/aromatic N) is 2. The van der Waals surface area contributed by atoms with Crippen LogP contribution in [0, 0.1) is 5.92 Å². The minimum atomic E-state index is -0.132. The van der Waals surface area contributed by atoms with E-state index in [0.29, 0.717) is 0 Å². The van der Waals surface area contributed by atoms with E-state index in [1.165, 1.54) is 0 Å². The molecule has 1 amide bonds. The number of nitrogens with one attached hydrogen (secondary N) is 1. The van der Waals surface area contributed by atoms with Gasteiger partial charge in [0.25, 0.3) is 5.91 Å². The Kier molecular flexibility index (Phi) is 4.52. The highest BCUT2D eigenvalue weighted by Crippen LogP contribution is 2.23. The van der Waals surface area contributed by atoms with Crippen molar-refractivity contribution in [2.24, 2.45) is 11.8 Å². The van der Waals surface area contributed by atoms with Gasteiger partial charge < -0.3 is 0 Å². The van der Waals surface area contributed by atoms with Gasteiger partial charge in [0.05, 0.1) is 6.04 Å². The van der Waals surface area contributed by atoms with Gasteiger partial charge in [0, 0.05) is 25.2 Å². The van der Waals surface area contributed by atoms with Gasteiger partial charge in [0.2, 0.25) is 0 Å². The summed E-state index contributed by atoms with van der Waals surface area (Å²) in [5.74, 6) is 5.45. The number of amides is 1. The third-order valence-corrected chi connectivity index (χ3v) is 3.78. The van der Waals surface area contributed by atoms with Crippen molar-refractivity contribution in [2.75, 3.05) is 26.7 Å². The molecule has 0 bridgehead atoms. The van der Waals surface area contributed by atoms with Gasteiger partial charge in [-0.25, -0.2) is 5.84 Å². The third-order valence-electron chi connectivity index (χ3n) is 3.78. The highest BCUT2D eigenvalue weighted by atomic mass is 16.2. The number of hydrogen-bond donors (Lipinski definition) is 2. The Bertz CT molecular complexity index is 278. The molecule has 1 unspecified atom stereocenters. The van der Waals surface area contributed by atoms with Crippen LogP contribution in [0.15, 0.2) is 0 Å². The monoisotopic (exact) mass is 242 g/mol. The van der Waals surface area contributed by atoms with Crippen LogP contribution >= 0.6 is 0 Å². The molecular formula is C12H26N4O. The maximum atomic E-state index is 11.9. The zero-order chi connectivity index (χ0) is 13.2. The second kappa shape index (κ2) is 5.33. The molecule has 1 fully saturated rings. The van der Waals surface area contributed by atoms with E-state index in [1.54, 1.807) is 0 Å². The van der Waals surface area contributed by atoms with Crippen molar-refractivity contribution >= 4 is 5.91 Å². The average Bonchev–Trinajstić information content (AvgIpc) is 2.22. The van der Waals surface area contributed by atoms with Gasteiger partial charge in [-0.1, -0.05) is 13.8 Å². The second-order valence-corrected chi connectivity index (χ2v) is 5.90. The summed E-state index contributed by atoms with van der Waals surface area (Å²) >= 11 is 0. The molecule has 1 aliphatic rings. The van der Waals surface area contributed by atoms with Crippen LogP contribution in [0.5, 0.6) is 0 Å². The van der Waals surface area contributed by atoms with E-state index in [9.17, 15) is 4.79 Å². The lowest BCUT2D eigenvalue weighted by Gasteiger charge is -2.48. The number of rotatable bonds is 3. The van der Waals surface area contributed by atoms with E-state index in [2.05, 4.69) is 50.0 Å². The zero-order valence-electron chi connectivity index (χ0n) is 11.7. The molecule has 5 nitrogen and oxygen atoms in total. The zero-order valence-corrected chi connectivity index (χ0v) is 11.7. The third kappa shape index (κ3) is 3.18. The largest absolute Gasteiger partial charge is 0.299 e. The van der Waals surface area contributed by atoms with Gasteiger partial charge in [0.1, 0.15) is 0 Å². The van der Waals surface area contributed by atoms with Crippen LogP contribution in [-0.4, -0.2) is 54.0 Å². The van der Waals surface area contributed by atoms with E-state index in [4.69, 9.17) is 5.84 Å². The molecule has 100 valence electrons. The molecule has 3 N–H and O–H groups in total. The van der Waals surface area contributed by atoms with Crippen molar-refractivity contribution in [3.05, 3.63) is 0 Å². The lowest BCUT2D eigenvalue weighted by molar-refractivity contribution is -0.130. The Morgan fingerprint density at radius 3 is 2.35 bits per heavy atom. The van der Waals surface area contributed by atoms with Crippen molar-refractivity contribution in [1.82, 2.24) is 15.2 Å². The van der Waals surface area contributed by atoms with Crippen LogP contribution in [0.25, 0.3) is 0 Å². The van der Waals surface area contributed by atoms with Crippen molar-refractivity contribution < 1.29 is 4.79 Å². The Morgan fingerprint density at radius 2 is 1.94 bits per heavy atom. The van der Waals surface area contributed by atoms with Gasteiger partial charge in [-0.3, -0.25) is 20.0 Å². The summed E-state index contributed by atoms with van der Waals surface area (Å²) in [5, 5.41) is 0. The van der Waals surface area contributed by atoms with Crippen molar-refractivity contribution in [1.29, 1.82) is 0 Å². The molecule has 17 heavy (non-hydrogen) atoms. The first kappa shape index (κ1) is 14.4. The SMILES string of the molecule is CC(C)C(C(=O)NN)N1CCN(C)C(C)(C)C1. The Balaban J connectivity index is 2.80. The number of carbonyl (C=O) groups is 1. The highest BCUT2D eigenvalue weighted by molar-refractivity contribution is 5.81. The Hall–Kier alpha value is -0.650. The molecule has 1 aliphatic heterocycles. The molecule has 0 aromatic heterocycles. The predicted molar refractivity (Wildman–Crippen MR) is 69.2 cm³/mol. The summed E-state index contributed by atoms with van der Waals surface area (Å²) in [5.41, 5.74) is 2.39. The molecule has 1 rings (SSSR count). The average molecular weight is 242 g/mol.